The van der Waals surface area contributed by atoms with Gasteiger partial charge in [-0.2, -0.15) is 4.72 Å². The molecule has 0 amide bonds. The Bertz CT molecular complexity index is 1390. The molecule has 2 fully saturated rings. The van der Waals surface area contributed by atoms with Crippen molar-refractivity contribution in [2.45, 2.75) is 68.5 Å². The van der Waals surface area contributed by atoms with Gasteiger partial charge in [-0.25, -0.2) is 31.0 Å². The van der Waals surface area contributed by atoms with Gasteiger partial charge in [0.15, 0.2) is 15.7 Å². The van der Waals surface area contributed by atoms with E-state index < -0.39 is 32.9 Å². The van der Waals surface area contributed by atoms with Crippen LogP contribution in [0, 0.1) is 0 Å². The van der Waals surface area contributed by atoms with E-state index in [-0.39, 0.29) is 40.5 Å². The zero-order valence-electron chi connectivity index (χ0n) is 19.7. The molecule has 2 N–H and O–H groups in total. The number of halogens is 4. The summed E-state index contributed by atoms with van der Waals surface area (Å²) in [5.41, 5.74) is -0.690. The van der Waals surface area contributed by atoms with Gasteiger partial charge in [0.25, 0.3) is 12.3 Å². The lowest BCUT2D eigenvalue weighted by Crippen LogP contribution is -2.54. The lowest BCUT2D eigenvalue weighted by Gasteiger charge is -2.37. The molecule has 36 heavy (non-hydrogen) atoms. The van der Waals surface area contributed by atoms with Crippen LogP contribution in [-0.4, -0.2) is 64.6 Å². The minimum atomic E-state index is -4.38. The average Bonchev–Trinajstić information content (AvgIpc) is 3.20. The van der Waals surface area contributed by atoms with Crippen LogP contribution in [0.3, 0.4) is 0 Å². The number of nitrogens with zero attached hydrogens (tertiary/aromatic N) is 5. The van der Waals surface area contributed by atoms with E-state index in [2.05, 4.69) is 25.2 Å². The van der Waals surface area contributed by atoms with Gasteiger partial charge < -0.3 is 10.2 Å². The zero-order valence-corrected chi connectivity index (χ0v) is 21.3. The summed E-state index contributed by atoms with van der Waals surface area (Å²) in [6.07, 6.45) is -0.0906. The second-order valence-corrected chi connectivity index (χ2v) is 12.3. The van der Waals surface area contributed by atoms with Gasteiger partial charge in [-0.15, -0.1) is 10.2 Å². The number of piperazine rings is 1. The summed E-state index contributed by atoms with van der Waals surface area (Å²) < 4.78 is 85.0. The highest BCUT2D eigenvalue weighted by atomic mass is 32.2. The number of hydrogen-bond acceptors (Lipinski definition) is 8. The molecule has 0 unspecified atom stereocenters. The molecule has 0 aromatic carbocycles. The second kappa shape index (κ2) is 8.60. The van der Waals surface area contributed by atoms with Crippen LogP contribution in [0.4, 0.5) is 23.2 Å². The van der Waals surface area contributed by atoms with Crippen molar-refractivity contribution >= 4 is 32.7 Å². The molecule has 1 saturated heterocycles. The highest BCUT2D eigenvalue weighted by Crippen LogP contribution is 2.49. The minimum absolute atomic E-state index is 0.0230. The number of nitrogens with one attached hydrogen (secondary N) is 2. The molecule has 5 rings (SSSR count). The molecular weight excluding hydrogens is 522 g/mol. The highest BCUT2D eigenvalue weighted by Gasteiger charge is 2.61. The molecule has 3 aromatic heterocycles. The van der Waals surface area contributed by atoms with Crippen molar-refractivity contribution in [3.63, 3.8) is 0 Å². The third-order valence-electron chi connectivity index (χ3n) is 6.54. The molecule has 2 aliphatic rings. The van der Waals surface area contributed by atoms with E-state index in [0.717, 1.165) is 0 Å². The van der Waals surface area contributed by atoms with E-state index in [4.69, 9.17) is 0 Å². The summed E-state index contributed by atoms with van der Waals surface area (Å²) in [5.74, 6) is -3.24. The van der Waals surface area contributed by atoms with Gasteiger partial charge in [0.1, 0.15) is 10.6 Å². The first-order chi connectivity index (χ1) is 16.8. The van der Waals surface area contributed by atoms with Gasteiger partial charge in [0, 0.05) is 38.3 Å². The molecule has 0 radical (unpaired) electrons. The quantitative estimate of drug-likeness (QED) is 0.437. The van der Waals surface area contributed by atoms with E-state index in [1.807, 2.05) is 18.7 Å². The SMILES string of the molecule is C[C@H]1CN(c2cc(S(=O)(=O)NC3(C(C)(F)F)CC3)cn3c(-c4nnc(C(F)F)s4)cnc23)C[C@H](C)N1. The van der Waals surface area contributed by atoms with Gasteiger partial charge in [-0.1, -0.05) is 11.3 Å². The Morgan fingerprint density at radius 3 is 2.44 bits per heavy atom. The van der Waals surface area contributed by atoms with E-state index in [1.165, 1.54) is 22.9 Å². The lowest BCUT2D eigenvalue weighted by molar-refractivity contribution is -0.0221. The summed E-state index contributed by atoms with van der Waals surface area (Å²) in [4.78, 5) is 6.18. The van der Waals surface area contributed by atoms with Crippen molar-refractivity contribution in [2.24, 2.45) is 0 Å². The standard InChI is InChI=1S/C21H25F4N7O2S2/c1-11-8-31(9-12(2)27-11)14-6-13(36(33,34)30-21(4-5-21)20(3,24)25)10-32-15(7-26-17(14)32)18-28-29-19(35-18)16(22)23/h6-7,10-12,16,27,30H,4-5,8-9H2,1-3H3/t11-,12-/m0/s1. The van der Waals surface area contributed by atoms with Crippen LogP contribution in [0.2, 0.25) is 0 Å². The number of fused-ring (bicyclic) bond motifs is 1. The summed E-state index contributed by atoms with van der Waals surface area (Å²) in [5, 5.41) is 10.4. The fourth-order valence-electron chi connectivity index (χ4n) is 4.60. The first-order valence-electron chi connectivity index (χ1n) is 11.4. The molecule has 1 saturated carbocycles. The monoisotopic (exact) mass is 547 g/mol. The number of alkyl halides is 4. The number of aromatic nitrogens is 4. The topological polar surface area (TPSA) is 105 Å². The van der Waals surface area contributed by atoms with Crippen LogP contribution in [0.15, 0.2) is 23.4 Å². The Hall–Kier alpha value is -2.36. The fourth-order valence-corrected chi connectivity index (χ4v) is 6.84. The van der Waals surface area contributed by atoms with Crippen molar-refractivity contribution in [1.29, 1.82) is 0 Å². The second-order valence-electron chi connectivity index (χ2n) is 9.59. The van der Waals surface area contributed by atoms with Gasteiger partial charge in [0.2, 0.25) is 10.0 Å². The Labute approximate surface area is 209 Å². The number of rotatable bonds is 7. The number of hydrogen-bond donors (Lipinski definition) is 2. The van der Waals surface area contributed by atoms with Crippen molar-refractivity contribution in [3.05, 3.63) is 23.5 Å². The molecule has 0 spiro atoms. The minimum Gasteiger partial charge on any atom is -0.365 e. The van der Waals surface area contributed by atoms with Crippen LogP contribution in [0.25, 0.3) is 16.3 Å². The molecule has 3 aromatic rings. The Kier molecular flexibility index (Phi) is 6.04. The predicted octanol–water partition coefficient (Wildman–Crippen LogP) is 3.44. The molecule has 1 aliphatic heterocycles. The van der Waals surface area contributed by atoms with Crippen molar-refractivity contribution in [1.82, 2.24) is 29.6 Å². The van der Waals surface area contributed by atoms with E-state index >= 15 is 0 Å². The van der Waals surface area contributed by atoms with E-state index in [1.54, 1.807) is 0 Å². The van der Waals surface area contributed by atoms with E-state index in [9.17, 15) is 26.0 Å². The molecule has 0 bridgehead atoms. The molecule has 15 heteroatoms. The maximum Gasteiger partial charge on any atom is 0.291 e. The highest BCUT2D eigenvalue weighted by molar-refractivity contribution is 7.89. The third kappa shape index (κ3) is 4.46. The zero-order chi connectivity index (χ0) is 26.0. The summed E-state index contributed by atoms with van der Waals surface area (Å²) >= 11 is 0.672. The molecule has 4 heterocycles. The van der Waals surface area contributed by atoms with E-state index in [0.29, 0.717) is 42.7 Å². The molecular formula is C21H25F4N7O2S2. The lowest BCUT2D eigenvalue weighted by atomic mass is 10.1. The average molecular weight is 548 g/mol. The maximum absolute atomic E-state index is 14.2. The molecule has 9 nitrogen and oxygen atoms in total. The van der Waals surface area contributed by atoms with Gasteiger partial charge in [-0.05, 0) is 32.8 Å². The summed E-state index contributed by atoms with van der Waals surface area (Å²) in [6, 6.07) is 1.60. The Balaban J connectivity index is 1.65. The number of anilines is 1. The summed E-state index contributed by atoms with van der Waals surface area (Å²) in [6.45, 7) is 5.78. The number of imidazole rings is 1. The van der Waals surface area contributed by atoms with Crippen molar-refractivity contribution in [3.8, 4) is 10.7 Å². The first kappa shape index (κ1) is 25.3. The maximum atomic E-state index is 14.2. The molecule has 1 aliphatic carbocycles. The Morgan fingerprint density at radius 1 is 1.22 bits per heavy atom. The normalized spacial score (nSPS) is 22.5. The van der Waals surface area contributed by atoms with Crippen LogP contribution >= 0.6 is 11.3 Å². The smallest absolute Gasteiger partial charge is 0.291 e. The van der Waals surface area contributed by atoms with Gasteiger partial charge in [-0.3, -0.25) is 4.40 Å². The van der Waals surface area contributed by atoms with Crippen molar-refractivity contribution < 1.29 is 26.0 Å². The first-order valence-corrected chi connectivity index (χ1v) is 13.7. The van der Waals surface area contributed by atoms with Gasteiger partial charge >= 0.3 is 0 Å². The molecule has 2 atom stereocenters. The summed E-state index contributed by atoms with van der Waals surface area (Å²) in [7, 11) is -4.38. The third-order valence-corrected chi connectivity index (χ3v) is 8.99. The van der Waals surface area contributed by atoms with Crippen LogP contribution in [-0.2, 0) is 10.0 Å². The number of pyridine rings is 1. The fraction of sp³-hybridized carbons (Fsp3) is 0.571. The van der Waals surface area contributed by atoms with Gasteiger partial charge in [0.05, 0.1) is 17.4 Å². The van der Waals surface area contributed by atoms with Crippen molar-refractivity contribution in [2.75, 3.05) is 18.0 Å². The largest absolute Gasteiger partial charge is 0.365 e. The van der Waals surface area contributed by atoms with Crippen LogP contribution in [0.5, 0.6) is 0 Å². The predicted molar refractivity (Wildman–Crippen MR) is 126 cm³/mol. The number of sulfonamides is 1. The Morgan fingerprint density at radius 2 is 1.89 bits per heavy atom. The van der Waals surface area contributed by atoms with Crippen LogP contribution < -0.4 is 14.9 Å². The molecule has 196 valence electrons. The van der Waals surface area contributed by atoms with Crippen LogP contribution in [0.1, 0.15) is 45.0 Å².